The Labute approximate surface area is 232 Å². The van der Waals surface area contributed by atoms with Crippen LogP contribution in [-0.2, 0) is 17.9 Å². The van der Waals surface area contributed by atoms with Crippen molar-refractivity contribution in [2.24, 2.45) is 0 Å². The van der Waals surface area contributed by atoms with Crippen molar-refractivity contribution in [1.29, 1.82) is 0 Å². The Bertz CT molecular complexity index is 1520. The molecule has 0 aliphatic rings. The van der Waals surface area contributed by atoms with Crippen LogP contribution >= 0.6 is 0 Å². The highest BCUT2D eigenvalue weighted by Gasteiger charge is 2.19. The SMILES string of the molecule is CC(=O)NCCOc1cccc(CN(C)Cc2ccc(-n3c(-c4cc(C(C)C)c(O)cc4O)n[nH]c3=O)cc2)c1. The fraction of sp³-hybridized carbons (Fsp3) is 0.300. The summed E-state index contributed by atoms with van der Waals surface area (Å²) in [7, 11) is 2.02. The average molecular weight is 546 g/mol. The summed E-state index contributed by atoms with van der Waals surface area (Å²) in [6.45, 7) is 7.58. The molecule has 10 heteroatoms. The number of carbonyl (C=O) groups excluding carboxylic acids is 1. The standard InChI is InChI=1S/C30H35N5O5/c1-19(2)25-15-26(28(38)16-27(25)37)29-32-33-30(39)35(29)23-10-8-21(9-11-23)17-34(4)18-22-6-5-7-24(14-22)40-13-12-31-20(3)36/h5-11,14-16,19,37-38H,12-13,17-18H2,1-4H3,(H,31,36)(H,33,39). The average Bonchev–Trinajstić information content (AvgIpc) is 3.28. The third-order valence-electron chi connectivity index (χ3n) is 6.42. The molecular formula is C30H35N5O5. The fourth-order valence-electron chi connectivity index (χ4n) is 4.51. The van der Waals surface area contributed by atoms with Gasteiger partial charge in [0.05, 0.1) is 17.8 Å². The fourth-order valence-corrected chi connectivity index (χ4v) is 4.51. The summed E-state index contributed by atoms with van der Waals surface area (Å²) in [4.78, 5) is 25.9. The van der Waals surface area contributed by atoms with E-state index in [2.05, 4.69) is 20.4 Å². The van der Waals surface area contributed by atoms with Gasteiger partial charge >= 0.3 is 5.69 Å². The lowest BCUT2D eigenvalue weighted by Crippen LogP contribution is -2.25. The van der Waals surface area contributed by atoms with E-state index in [0.29, 0.717) is 43.1 Å². The molecule has 10 nitrogen and oxygen atoms in total. The molecule has 0 unspecified atom stereocenters. The zero-order valence-electron chi connectivity index (χ0n) is 23.1. The second kappa shape index (κ2) is 12.5. The number of aromatic amines is 1. The van der Waals surface area contributed by atoms with Gasteiger partial charge in [-0.2, -0.15) is 5.10 Å². The summed E-state index contributed by atoms with van der Waals surface area (Å²) in [5.41, 5.74) is 3.32. The molecule has 0 aliphatic carbocycles. The minimum absolute atomic E-state index is 0.00428. The van der Waals surface area contributed by atoms with Gasteiger partial charge in [-0.3, -0.25) is 9.69 Å². The van der Waals surface area contributed by atoms with Gasteiger partial charge in [0.2, 0.25) is 5.91 Å². The summed E-state index contributed by atoms with van der Waals surface area (Å²) in [6, 6.07) is 18.4. The molecule has 210 valence electrons. The Morgan fingerprint density at radius 2 is 1.77 bits per heavy atom. The van der Waals surface area contributed by atoms with E-state index in [-0.39, 0.29) is 29.1 Å². The van der Waals surface area contributed by atoms with Crippen molar-refractivity contribution in [3.05, 3.63) is 87.8 Å². The molecule has 0 fully saturated rings. The second-order valence-electron chi connectivity index (χ2n) is 10.1. The molecule has 0 saturated carbocycles. The van der Waals surface area contributed by atoms with E-state index in [4.69, 9.17) is 4.74 Å². The topological polar surface area (TPSA) is 133 Å². The van der Waals surface area contributed by atoms with Gasteiger partial charge in [0.1, 0.15) is 23.9 Å². The number of phenols is 2. The number of nitrogens with zero attached hydrogens (tertiary/aromatic N) is 3. The highest BCUT2D eigenvalue weighted by Crippen LogP contribution is 2.37. The van der Waals surface area contributed by atoms with Gasteiger partial charge in [-0.1, -0.05) is 38.1 Å². The molecule has 0 bridgehead atoms. The number of amides is 1. The number of H-pyrrole nitrogens is 1. The van der Waals surface area contributed by atoms with Crippen LogP contribution in [0.15, 0.2) is 65.5 Å². The third kappa shape index (κ3) is 6.89. The number of ether oxygens (including phenoxy) is 1. The Morgan fingerprint density at radius 1 is 1.05 bits per heavy atom. The maximum atomic E-state index is 12.7. The van der Waals surface area contributed by atoms with E-state index in [1.165, 1.54) is 17.6 Å². The summed E-state index contributed by atoms with van der Waals surface area (Å²) in [5, 5.41) is 30.1. The number of hydrogen-bond acceptors (Lipinski definition) is 7. The molecule has 1 aromatic heterocycles. The summed E-state index contributed by atoms with van der Waals surface area (Å²) in [5.74, 6) is 0.773. The number of phenolic OH excluding ortho intramolecular Hbond substituents is 2. The number of rotatable bonds is 11. The highest BCUT2D eigenvalue weighted by molar-refractivity contribution is 5.72. The van der Waals surface area contributed by atoms with E-state index < -0.39 is 5.69 Å². The number of hydrogen-bond donors (Lipinski definition) is 4. The molecular weight excluding hydrogens is 510 g/mol. The first-order chi connectivity index (χ1) is 19.1. The summed E-state index contributed by atoms with van der Waals surface area (Å²) >= 11 is 0. The minimum atomic E-state index is -0.433. The monoisotopic (exact) mass is 545 g/mol. The Morgan fingerprint density at radius 3 is 2.48 bits per heavy atom. The van der Waals surface area contributed by atoms with Crippen molar-refractivity contribution in [2.45, 2.75) is 39.8 Å². The molecule has 1 amide bonds. The van der Waals surface area contributed by atoms with Crippen molar-refractivity contribution in [2.75, 3.05) is 20.2 Å². The van der Waals surface area contributed by atoms with Crippen molar-refractivity contribution in [3.8, 4) is 34.3 Å². The zero-order chi connectivity index (χ0) is 28.8. The number of nitrogens with one attached hydrogen (secondary N) is 2. The van der Waals surface area contributed by atoms with Crippen LogP contribution in [0.25, 0.3) is 17.1 Å². The van der Waals surface area contributed by atoms with E-state index in [0.717, 1.165) is 16.9 Å². The van der Waals surface area contributed by atoms with Crippen LogP contribution in [0.5, 0.6) is 17.2 Å². The van der Waals surface area contributed by atoms with Gasteiger partial charge in [0.25, 0.3) is 0 Å². The first kappa shape index (κ1) is 28.4. The van der Waals surface area contributed by atoms with E-state index >= 15 is 0 Å². The van der Waals surface area contributed by atoms with E-state index in [1.807, 2.05) is 69.4 Å². The Hall–Kier alpha value is -4.57. The van der Waals surface area contributed by atoms with Gasteiger partial charge < -0.3 is 20.3 Å². The summed E-state index contributed by atoms with van der Waals surface area (Å²) < 4.78 is 7.14. The molecule has 40 heavy (non-hydrogen) atoms. The molecule has 0 radical (unpaired) electrons. The first-order valence-corrected chi connectivity index (χ1v) is 13.1. The van der Waals surface area contributed by atoms with Crippen molar-refractivity contribution in [1.82, 2.24) is 25.0 Å². The third-order valence-corrected chi connectivity index (χ3v) is 6.42. The first-order valence-electron chi connectivity index (χ1n) is 13.1. The quantitative estimate of drug-likeness (QED) is 0.210. The lowest BCUT2D eigenvalue weighted by Gasteiger charge is -2.18. The van der Waals surface area contributed by atoms with Crippen LogP contribution in [0.2, 0.25) is 0 Å². The largest absolute Gasteiger partial charge is 0.508 e. The normalized spacial score (nSPS) is 11.2. The number of aromatic hydroxyl groups is 2. The molecule has 0 spiro atoms. The van der Waals surface area contributed by atoms with Gasteiger partial charge in [-0.25, -0.2) is 14.5 Å². The van der Waals surface area contributed by atoms with E-state index in [9.17, 15) is 19.8 Å². The summed E-state index contributed by atoms with van der Waals surface area (Å²) in [6.07, 6.45) is 0. The van der Waals surface area contributed by atoms with Crippen LogP contribution < -0.4 is 15.7 Å². The van der Waals surface area contributed by atoms with Crippen LogP contribution in [0, 0.1) is 0 Å². The maximum Gasteiger partial charge on any atom is 0.348 e. The molecule has 0 saturated heterocycles. The van der Waals surface area contributed by atoms with Crippen LogP contribution in [0.1, 0.15) is 43.4 Å². The van der Waals surface area contributed by atoms with Crippen LogP contribution in [-0.4, -0.2) is 56.0 Å². The van der Waals surface area contributed by atoms with Crippen LogP contribution in [0.4, 0.5) is 0 Å². The van der Waals surface area contributed by atoms with E-state index in [1.54, 1.807) is 6.07 Å². The molecule has 4 N–H and O–H groups in total. The van der Waals surface area contributed by atoms with Gasteiger partial charge in [-0.15, -0.1) is 0 Å². The van der Waals surface area contributed by atoms with Gasteiger partial charge in [-0.05, 0) is 60.0 Å². The molecule has 1 heterocycles. The van der Waals surface area contributed by atoms with Crippen molar-refractivity contribution in [3.63, 3.8) is 0 Å². The number of benzene rings is 3. The second-order valence-corrected chi connectivity index (χ2v) is 10.1. The van der Waals surface area contributed by atoms with Gasteiger partial charge in [0, 0.05) is 26.1 Å². The van der Waals surface area contributed by atoms with Crippen molar-refractivity contribution < 1.29 is 19.7 Å². The lowest BCUT2D eigenvalue weighted by molar-refractivity contribution is -0.119. The minimum Gasteiger partial charge on any atom is -0.508 e. The number of carbonyl (C=O) groups is 1. The molecule has 0 atom stereocenters. The van der Waals surface area contributed by atoms with Crippen LogP contribution in [0.3, 0.4) is 0 Å². The Kier molecular flexibility index (Phi) is 8.90. The predicted octanol–water partition coefficient (Wildman–Crippen LogP) is 3.91. The lowest BCUT2D eigenvalue weighted by atomic mass is 9.98. The number of aromatic nitrogens is 3. The highest BCUT2D eigenvalue weighted by atomic mass is 16.5. The van der Waals surface area contributed by atoms with Crippen molar-refractivity contribution >= 4 is 5.91 Å². The Balaban J connectivity index is 1.45. The molecule has 4 aromatic rings. The maximum absolute atomic E-state index is 12.7. The zero-order valence-corrected chi connectivity index (χ0v) is 23.1. The smallest absolute Gasteiger partial charge is 0.348 e. The molecule has 0 aliphatic heterocycles. The predicted molar refractivity (Wildman–Crippen MR) is 153 cm³/mol. The molecule has 4 rings (SSSR count). The van der Waals surface area contributed by atoms with Gasteiger partial charge in [0.15, 0.2) is 5.82 Å². The molecule has 3 aromatic carbocycles.